The lowest BCUT2D eigenvalue weighted by atomic mass is 10.1. The summed E-state index contributed by atoms with van der Waals surface area (Å²) in [5.74, 6) is -1.00. The van der Waals surface area contributed by atoms with Crippen molar-refractivity contribution in [3.8, 4) is 0 Å². The van der Waals surface area contributed by atoms with Gasteiger partial charge in [-0.1, -0.05) is 0 Å². The molecule has 70 valence electrons. The highest BCUT2D eigenvalue weighted by Gasteiger charge is 2.13. The van der Waals surface area contributed by atoms with Crippen LogP contribution in [0.15, 0.2) is 12.1 Å². The molecule has 0 saturated heterocycles. The largest absolute Gasteiger partial charge is 0.465 e. The number of carbonyl (C=O) groups excluding carboxylic acids is 1. The van der Waals surface area contributed by atoms with Crippen LogP contribution >= 0.6 is 0 Å². The summed E-state index contributed by atoms with van der Waals surface area (Å²) in [5.41, 5.74) is 6.26. The Morgan fingerprint density at radius 3 is 2.62 bits per heavy atom. The number of halogens is 1. The molecule has 1 aromatic rings. The van der Waals surface area contributed by atoms with Gasteiger partial charge in [-0.2, -0.15) is 0 Å². The molecule has 0 atom stereocenters. The van der Waals surface area contributed by atoms with Gasteiger partial charge in [-0.05, 0) is 24.6 Å². The molecule has 13 heavy (non-hydrogen) atoms. The summed E-state index contributed by atoms with van der Waals surface area (Å²) in [4.78, 5) is 11.1. The number of benzene rings is 1. The third kappa shape index (κ3) is 1.77. The number of methoxy groups -OCH3 is 1. The van der Waals surface area contributed by atoms with Gasteiger partial charge in [-0.15, -0.1) is 0 Å². The molecule has 0 heterocycles. The van der Waals surface area contributed by atoms with Crippen molar-refractivity contribution in [2.24, 2.45) is 0 Å². The van der Waals surface area contributed by atoms with Crippen molar-refractivity contribution in [3.05, 3.63) is 29.1 Å². The Hall–Kier alpha value is -1.58. The van der Waals surface area contributed by atoms with E-state index in [1.165, 1.54) is 13.2 Å². The molecular formula is C9H10FNO2. The second-order valence-electron chi connectivity index (χ2n) is 2.68. The number of hydrogen-bond acceptors (Lipinski definition) is 3. The SMILES string of the molecule is COC(=O)c1c(C)cc(F)cc1N. The monoisotopic (exact) mass is 183 g/mol. The maximum Gasteiger partial charge on any atom is 0.340 e. The molecule has 2 N–H and O–H groups in total. The van der Waals surface area contributed by atoms with Crippen LogP contribution in [0, 0.1) is 12.7 Å². The quantitative estimate of drug-likeness (QED) is 0.530. The molecule has 0 aliphatic heterocycles. The number of esters is 1. The van der Waals surface area contributed by atoms with Crippen molar-refractivity contribution in [1.82, 2.24) is 0 Å². The maximum atomic E-state index is 12.7. The van der Waals surface area contributed by atoms with Gasteiger partial charge in [-0.25, -0.2) is 9.18 Å². The number of anilines is 1. The Labute approximate surface area is 75.3 Å². The van der Waals surface area contributed by atoms with Crippen LogP contribution in [-0.4, -0.2) is 13.1 Å². The third-order valence-electron chi connectivity index (χ3n) is 1.72. The number of nitrogen functional groups attached to an aromatic ring is 1. The minimum absolute atomic E-state index is 0.101. The molecule has 0 unspecified atom stereocenters. The number of carbonyl (C=O) groups is 1. The van der Waals surface area contributed by atoms with Crippen molar-refractivity contribution < 1.29 is 13.9 Å². The van der Waals surface area contributed by atoms with Gasteiger partial charge in [0.2, 0.25) is 0 Å². The van der Waals surface area contributed by atoms with Crippen molar-refractivity contribution >= 4 is 11.7 Å². The van der Waals surface area contributed by atoms with E-state index >= 15 is 0 Å². The molecule has 4 heteroatoms. The van der Waals surface area contributed by atoms with Crippen molar-refractivity contribution in [2.75, 3.05) is 12.8 Å². The van der Waals surface area contributed by atoms with Crippen LogP contribution in [-0.2, 0) is 4.74 Å². The lowest BCUT2D eigenvalue weighted by molar-refractivity contribution is 0.0601. The molecule has 0 spiro atoms. The summed E-state index contributed by atoms with van der Waals surface area (Å²) >= 11 is 0. The van der Waals surface area contributed by atoms with E-state index in [2.05, 4.69) is 4.74 Å². The first-order valence-corrected chi connectivity index (χ1v) is 3.70. The maximum absolute atomic E-state index is 12.7. The molecule has 0 bridgehead atoms. The van der Waals surface area contributed by atoms with Gasteiger partial charge < -0.3 is 10.5 Å². The van der Waals surface area contributed by atoms with Gasteiger partial charge in [0.15, 0.2) is 0 Å². The number of ether oxygens (including phenoxy) is 1. The average Bonchev–Trinajstić information content (AvgIpc) is 2.02. The Morgan fingerprint density at radius 1 is 1.54 bits per heavy atom. The average molecular weight is 183 g/mol. The topological polar surface area (TPSA) is 52.3 Å². The molecule has 0 amide bonds. The lowest BCUT2D eigenvalue weighted by Gasteiger charge is -2.06. The third-order valence-corrected chi connectivity index (χ3v) is 1.72. The molecule has 1 aromatic carbocycles. The van der Waals surface area contributed by atoms with E-state index in [0.717, 1.165) is 6.07 Å². The van der Waals surface area contributed by atoms with Gasteiger partial charge in [-0.3, -0.25) is 0 Å². The Kier molecular flexibility index (Phi) is 2.51. The van der Waals surface area contributed by atoms with Crippen LogP contribution < -0.4 is 5.73 Å². The van der Waals surface area contributed by atoms with Crippen LogP contribution in [0.4, 0.5) is 10.1 Å². The molecule has 0 aliphatic carbocycles. The highest BCUT2D eigenvalue weighted by Crippen LogP contribution is 2.19. The zero-order valence-corrected chi connectivity index (χ0v) is 7.43. The van der Waals surface area contributed by atoms with Crippen LogP contribution in [0.5, 0.6) is 0 Å². The first-order valence-electron chi connectivity index (χ1n) is 3.70. The number of aryl methyl sites for hydroxylation is 1. The first-order chi connectivity index (χ1) is 6.06. The van der Waals surface area contributed by atoms with E-state index in [-0.39, 0.29) is 11.3 Å². The van der Waals surface area contributed by atoms with Crippen LogP contribution in [0.2, 0.25) is 0 Å². The van der Waals surface area contributed by atoms with Gasteiger partial charge in [0, 0.05) is 5.69 Å². The first kappa shape index (κ1) is 9.51. The van der Waals surface area contributed by atoms with Gasteiger partial charge in [0.25, 0.3) is 0 Å². The van der Waals surface area contributed by atoms with Gasteiger partial charge in [0.05, 0.1) is 12.7 Å². The van der Waals surface area contributed by atoms with E-state index < -0.39 is 11.8 Å². The minimum Gasteiger partial charge on any atom is -0.465 e. The number of rotatable bonds is 1. The molecule has 0 radical (unpaired) electrons. The van der Waals surface area contributed by atoms with Crippen LogP contribution in [0.1, 0.15) is 15.9 Å². The Bertz CT molecular complexity index is 326. The molecule has 3 nitrogen and oxygen atoms in total. The minimum atomic E-state index is -0.546. The van der Waals surface area contributed by atoms with E-state index in [0.29, 0.717) is 5.56 Å². The van der Waals surface area contributed by atoms with E-state index in [9.17, 15) is 9.18 Å². The Morgan fingerprint density at radius 2 is 2.15 bits per heavy atom. The summed E-state index contributed by atoms with van der Waals surface area (Å²) in [6.45, 7) is 1.60. The second-order valence-corrected chi connectivity index (χ2v) is 2.68. The van der Waals surface area contributed by atoms with E-state index in [1.54, 1.807) is 6.92 Å². The molecule has 0 aliphatic rings. The molecule has 0 fully saturated rings. The zero-order chi connectivity index (χ0) is 10.0. The summed E-state index contributed by atoms with van der Waals surface area (Å²) in [5, 5.41) is 0. The highest BCUT2D eigenvalue weighted by atomic mass is 19.1. The zero-order valence-electron chi connectivity index (χ0n) is 7.43. The van der Waals surface area contributed by atoms with Crippen molar-refractivity contribution in [3.63, 3.8) is 0 Å². The molecule has 0 aromatic heterocycles. The summed E-state index contributed by atoms with van der Waals surface area (Å²) in [6, 6.07) is 2.34. The fraction of sp³-hybridized carbons (Fsp3) is 0.222. The van der Waals surface area contributed by atoms with E-state index in [4.69, 9.17) is 5.73 Å². The van der Waals surface area contributed by atoms with Gasteiger partial charge in [0.1, 0.15) is 5.82 Å². The van der Waals surface area contributed by atoms with Gasteiger partial charge >= 0.3 is 5.97 Å². The number of hydrogen-bond donors (Lipinski definition) is 1. The fourth-order valence-electron chi connectivity index (χ4n) is 1.15. The predicted molar refractivity (Wildman–Crippen MR) is 46.9 cm³/mol. The molecule has 0 saturated carbocycles. The van der Waals surface area contributed by atoms with E-state index in [1.807, 2.05) is 0 Å². The standard InChI is InChI=1S/C9H10FNO2/c1-5-3-6(10)4-7(11)8(5)9(12)13-2/h3-4H,11H2,1-2H3. The van der Waals surface area contributed by atoms with Crippen LogP contribution in [0.3, 0.4) is 0 Å². The Balaban J connectivity index is 3.28. The second kappa shape index (κ2) is 3.43. The predicted octanol–water partition coefficient (Wildman–Crippen LogP) is 1.50. The normalized spacial score (nSPS) is 9.77. The summed E-state index contributed by atoms with van der Waals surface area (Å²) < 4.78 is 17.2. The smallest absolute Gasteiger partial charge is 0.340 e. The van der Waals surface area contributed by atoms with Crippen molar-refractivity contribution in [2.45, 2.75) is 6.92 Å². The fourth-order valence-corrected chi connectivity index (χ4v) is 1.15. The summed E-state index contributed by atoms with van der Waals surface area (Å²) in [6.07, 6.45) is 0. The molecular weight excluding hydrogens is 173 g/mol. The van der Waals surface area contributed by atoms with Crippen LogP contribution in [0.25, 0.3) is 0 Å². The number of nitrogens with two attached hydrogens (primary N) is 1. The molecule has 1 rings (SSSR count). The van der Waals surface area contributed by atoms with Crippen molar-refractivity contribution in [1.29, 1.82) is 0 Å². The highest BCUT2D eigenvalue weighted by molar-refractivity contribution is 5.96. The summed E-state index contributed by atoms with van der Waals surface area (Å²) in [7, 11) is 1.25. The lowest BCUT2D eigenvalue weighted by Crippen LogP contribution is -2.08.